The van der Waals surface area contributed by atoms with E-state index >= 15 is 0 Å². The van der Waals surface area contributed by atoms with Gasteiger partial charge in [0.15, 0.2) is 0 Å². The first kappa shape index (κ1) is 14.6. The van der Waals surface area contributed by atoms with E-state index in [2.05, 4.69) is 5.32 Å². The number of furan rings is 1. The third-order valence-corrected chi connectivity index (χ3v) is 3.49. The molecule has 0 saturated carbocycles. The fourth-order valence-electron chi connectivity index (χ4n) is 2.32. The molecule has 0 bridgehead atoms. The van der Waals surface area contributed by atoms with Crippen LogP contribution in [-0.2, 0) is 6.54 Å². The lowest BCUT2D eigenvalue weighted by Gasteiger charge is -2.24. The normalized spacial score (nSPS) is 12.4. The maximum atomic E-state index is 14.2. The van der Waals surface area contributed by atoms with Gasteiger partial charge in [0.2, 0.25) is 0 Å². The van der Waals surface area contributed by atoms with Crippen LogP contribution in [0.5, 0.6) is 0 Å². The molecule has 1 unspecified atom stereocenters. The van der Waals surface area contributed by atoms with Crippen LogP contribution in [0.25, 0.3) is 0 Å². The molecule has 2 rings (SSSR count). The molecular weight excluding hydrogens is 255 g/mol. The highest BCUT2D eigenvalue weighted by atomic mass is 19.1. The molecule has 2 aromatic rings. The second kappa shape index (κ2) is 6.09. The number of hydrogen-bond donors (Lipinski definition) is 1. The van der Waals surface area contributed by atoms with Crippen LogP contribution in [0.3, 0.4) is 0 Å². The molecule has 1 atom stereocenters. The number of hydrogen-bond acceptors (Lipinski definition) is 3. The molecule has 0 radical (unpaired) electrons. The molecule has 0 aliphatic heterocycles. The molecular formula is C16H21FN2O. The molecule has 3 nitrogen and oxygen atoms in total. The third-order valence-electron chi connectivity index (χ3n) is 3.49. The fraction of sp³-hybridized carbons (Fsp3) is 0.375. The second-order valence-electron chi connectivity index (χ2n) is 5.06. The molecule has 0 spiro atoms. The summed E-state index contributed by atoms with van der Waals surface area (Å²) in [5.41, 5.74) is 1.56. The summed E-state index contributed by atoms with van der Waals surface area (Å²) in [7, 11) is 3.75. The van der Waals surface area contributed by atoms with E-state index in [4.69, 9.17) is 4.42 Å². The monoisotopic (exact) mass is 276 g/mol. The average molecular weight is 276 g/mol. The maximum absolute atomic E-state index is 14.2. The van der Waals surface area contributed by atoms with Gasteiger partial charge >= 0.3 is 0 Å². The first-order valence-corrected chi connectivity index (χ1v) is 6.75. The molecule has 1 heterocycles. The highest BCUT2D eigenvalue weighted by molar-refractivity contribution is 5.55. The first-order chi connectivity index (χ1) is 9.52. The van der Waals surface area contributed by atoms with Gasteiger partial charge in [0, 0.05) is 13.1 Å². The lowest BCUT2D eigenvalue weighted by molar-refractivity contribution is 0.480. The van der Waals surface area contributed by atoms with Crippen LogP contribution < -0.4 is 10.2 Å². The van der Waals surface area contributed by atoms with Crippen LogP contribution in [0, 0.1) is 12.7 Å². The van der Waals surface area contributed by atoms with Crippen LogP contribution in [0.2, 0.25) is 0 Å². The lowest BCUT2D eigenvalue weighted by atomic mass is 10.0. The summed E-state index contributed by atoms with van der Waals surface area (Å²) in [5.74, 6) is 1.48. The van der Waals surface area contributed by atoms with Crippen molar-refractivity contribution in [1.29, 1.82) is 0 Å². The molecule has 0 aliphatic carbocycles. The maximum Gasteiger partial charge on any atom is 0.146 e. The number of nitrogens with zero attached hydrogens (tertiary/aromatic N) is 1. The van der Waals surface area contributed by atoms with E-state index in [-0.39, 0.29) is 11.9 Å². The third kappa shape index (κ3) is 3.02. The van der Waals surface area contributed by atoms with Gasteiger partial charge in [-0.25, -0.2) is 4.39 Å². The van der Waals surface area contributed by atoms with E-state index in [0.717, 1.165) is 17.1 Å². The fourth-order valence-corrected chi connectivity index (χ4v) is 2.32. The van der Waals surface area contributed by atoms with Gasteiger partial charge < -0.3 is 14.6 Å². The predicted octanol–water partition coefficient (Wildman–Crippen LogP) is 3.64. The van der Waals surface area contributed by atoms with Gasteiger partial charge in [-0.3, -0.25) is 0 Å². The summed E-state index contributed by atoms with van der Waals surface area (Å²) < 4.78 is 19.8. The number of benzene rings is 1. The number of rotatable bonds is 5. The molecule has 20 heavy (non-hydrogen) atoms. The minimum absolute atomic E-state index is 0.0847. The molecule has 4 heteroatoms. The minimum Gasteiger partial charge on any atom is -0.464 e. The second-order valence-corrected chi connectivity index (χ2v) is 5.06. The summed E-state index contributed by atoms with van der Waals surface area (Å²) in [4.78, 5) is 1.89. The van der Waals surface area contributed by atoms with Crippen molar-refractivity contribution in [2.45, 2.75) is 26.4 Å². The zero-order chi connectivity index (χ0) is 14.7. The quantitative estimate of drug-likeness (QED) is 0.903. The van der Waals surface area contributed by atoms with Crippen LogP contribution in [0.15, 0.2) is 34.7 Å². The topological polar surface area (TPSA) is 28.4 Å². The number of nitrogens with one attached hydrogen (secondary N) is 1. The van der Waals surface area contributed by atoms with E-state index in [0.29, 0.717) is 12.2 Å². The minimum atomic E-state index is -0.213. The van der Waals surface area contributed by atoms with Crippen molar-refractivity contribution in [2.75, 3.05) is 19.0 Å². The van der Waals surface area contributed by atoms with Crippen molar-refractivity contribution < 1.29 is 8.81 Å². The number of halogens is 1. The van der Waals surface area contributed by atoms with Crippen LogP contribution in [-0.4, -0.2) is 14.1 Å². The number of para-hydroxylation sites is 1. The molecule has 1 aromatic carbocycles. The van der Waals surface area contributed by atoms with Gasteiger partial charge in [0.1, 0.15) is 17.3 Å². The van der Waals surface area contributed by atoms with Crippen molar-refractivity contribution in [1.82, 2.24) is 5.32 Å². The zero-order valence-electron chi connectivity index (χ0n) is 12.4. The van der Waals surface area contributed by atoms with Gasteiger partial charge in [0.25, 0.3) is 0 Å². The smallest absolute Gasteiger partial charge is 0.146 e. The Hall–Kier alpha value is -1.81. The standard InChI is InChI=1S/C16H21FN2O/c1-11-8-9-13(20-11)10-19(4)16-14(12(2)18-3)6-5-7-15(16)17/h5-9,12,18H,10H2,1-4H3. The first-order valence-electron chi connectivity index (χ1n) is 6.75. The Labute approximate surface area is 119 Å². The summed E-state index contributed by atoms with van der Waals surface area (Å²) >= 11 is 0. The van der Waals surface area contributed by atoms with E-state index in [1.54, 1.807) is 6.07 Å². The highest BCUT2D eigenvalue weighted by Gasteiger charge is 2.17. The lowest BCUT2D eigenvalue weighted by Crippen LogP contribution is -2.22. The van der Waals surface area contributed by atoms with Gasteiger partial charge in [-0.15, -0.1) is 0 Å². The Morgan fingerprint density at radius 3 is 2.65 bits per heavy atom. The van der Waals surface area contributed by atoms with E-state index < -0.39 is 0 Å². The molecule has 1 N–H and O–H groups in total. The Kier molecular flexibility index (Phi) is 4.45. The Morgan fingerprint density at radius 1 is 1.30 bits per heavy atom. The highest BCUT2D eigenvalue weighted by Crippen LogP contribution is 2.29. The van der Waals surface area contributed by atoms with E-state index in [1.807, 2.05) is 51.0 Å². The molecule has 0 aliphatic rings. The average Bonchev–Trinajstić information content (AvgIpc) is 2.82. The number of anilines is 1. The van der Waals surface area contributed by atoms with E-state index in [1.165, 1.54) is 6.07 Å². The van der Waals surface area contributed by atoms with Gasteiger partial charge in [-0.1, -0.05) is 12.1 Å². The molecule has 0 amide bonds. The largest absolute Gasteiger partial charge is 0.464 e. The zero-order valence-corrected chi connectivity index (χ0v) is 12.4. The van der Waals surface area contributed by atoms with Crippen molar-refractivity contribution in [3.8, 4) is 0 Å². The molecule has 108 valence electrons. The summed E-state index contributed by atoms with van der Waals surface area (Å²) in [6.07, 6.45) is 0. The summed E-state index contributed by atoms with van der Waals surface area (Å²) in [6, 6.07) is 9.11. The Morgan fingerprint density at radius 2 is 2.05 bits per heavy atom. The van der Waals surface area contributed by atoms with Gasteiger partial charge in [0.05, 0.1) is 12.2 Å². The predicted molar refractivity (Wildman–Crippen MR) is 79.4 cm³/mol. The molecule has 1 aromatic heterocycles. The van der Waals surface area contributed by atoms with Crippen LogP contribution in [0.1, 0.15) is 30.0 Å². The van der Waals surface area contributed by atoms with Gasteiger partial charge in [-0.05, 0) is 44.7 Å². The molecule has 0 fully saturated rings. The van der Waals surface area contributed by atoms with Crippen molar-refractivity contribution >= 4 is 5.69 Å². The van der Waals surface area contributed by atoms with Gasteiger partial charge in [-0.2, -0.15) is 0 Å². The van der Waals surface area contributed by atoms with E-state index in [9.17, 15) is 4.39 Å². The SMILES string of the molecule is CNC(C)c1cccc(F)c1N(C)Cc1ccc(C)o1. The summed E-state index contributed by atoms with van der Waals surface area (Å²) in [5, 5.41) is 3.15. The van der Waals surface area contributed by atoms with Crippen molar-refractivity contribution in [3.05, 3.63) is 53.2 Å². The van der Waals surface area contributed by atoms with Crippen molar-refractivity contribution in [3.63, 3.8) is 0 Å². The van der Waals surface area contributed by atoms with Crippen molar-refractivity contribution in [2.24, 2.45) is 0 Å². The summed E-state index contributed by atoms with van der Waals surface area (Å²) in [6.45, 7) is 4.46. The Bertz CT molecular complexity index is 580. The Balaban J connectivity index is 2.30. The van der Waals surface area contributed by atoms with Crippen LogP contribution in [0.4, 0.5) is 10.1 Å². The molecule has 0 saturated heterocycles. The number of aryl methyl sites for hydroxylation is 1. The van der Waals surface area contributed by atoms with Crippen LogP contribution >= 0.6 is 0 Å².